The Morgan fingerprint density at radius 3 is 2.50 bits per heavy atom. The first-order valence-corrected chi connectivity index (χ1v) is 11.2. The van der Waals surface area contributed by atoms with E-state index in [1.165, 1.54) is 21.7 Å². The van der Waals surface area contributed by atoms with Gasteiger partial charge in [0.25, 0.3) is 11.8 Å². The molecule has 0 aliphatic carbocycles. The number of benzene rings is 2. The lowest BCUT2D eigenvalue weighted by atomic mass is 9.96. The van der Waals surface area contributed by atoms with Gasteiger partial charge in [0, 0.05) is 36.5 Å². The molecule has 2 amide bonds. The Bertz CT molecular complexity index is 1510. The van der Waals surface area contributed by atoms with E-state index in [4.69, 9.17) is 0 Å². The zero-order valence-corrected chi connectivity index (χ0v) is 19.3. The van der Waals surface area contributed by atoms with E-state index >= 15 is 0 Å². The lowest BCUT2D eigenvalue weighted by Gasteiger charge is -2.50. The predicted molar refractivity (Wildman–Crippen MR) is 122 cm³/mol. The number of fused-ring (bicyclic) bond motifs is 5. The maximum Gasteiger partial charge on any atom is 0.278 e. The van der Waals surface area contributed by atoms with Crippen LogP contribution in [0.2, 0.25) is 0 Å². The molecule has 0 saturated carbocycles. The number of nitrogens with zero attached hydrogens (tertiary/aromatic N) is 3. The number of nitrogens with one attached hydrogen (secondary N) is 1. The van der Waals surface area contributed by atoms with Gasteiger partial charge < -0.3 is 15.3 Å². The minimum Gasteiger partial charge on any atom is -0.502 e. The summed E-state index contributed by atoms with van der Waals surface area (Å²) in [7, 11) is 0. The fraction of sp³-hybridized carbons (Fsp3) is 0.240. The van der Waals surface area contributed by atoms with Crippen LogP contribution in [0.4, 0.5) is 13.2 Å². The van der Waals surface area contributed by atoms with Gasteiger partial charge in [-0.25, -0.2) is 13.2 Å². The van der Waals surface area contributed by atoms with Crippen LogP contribution in [-0.4, -0.2) is 33.0 Å². The summed E-state index contributed by atoms with van der Waals surface area (Å²) in [6.07, 6.45) is 1.14. The maximum atomic E-state index is 14.2. The fourth-order valence-electron chi connectivity index (χ4n) is 5.01. The molecule has 0 bridgehead atoms. The molecule has 186 valence electrons. The van der Waals surface area contributed by atoms with Crippen molar-refractivity contribution in [2.45, 2.75) is 32.6 Å². The zero-order valence-electron chi connectivity index (χ0n) is 19.3. The summed E-state index contributed by atoms with van der Waals surface area (Å²) in [5.74, 6) is -4.64. The highest BCUT2D eigenvalue weighted by atomic mass is 19.1. The highest BCUT2D eigenvalue weighted by molar-refractivity contribution is 6.00. The van der Waals surface area contributed by atoms with Crippen molar-refractivity contribution in [3.05, 3.63) is 98.2 Å². The van der Waals surface area contributed by atoms with E-state index < -0.39 is 51.7 Å². The molecule has 3 aromatic rings. The number of carbonyl (C=O) groups excluding carboxylic acids is 2. The Hall–Kier alpha value is -4.28. The smallest absolute Gasteiger partial charge is 0.278 e. The fourth-order valence-corrected chi connectivity index (χ4v) is 5.01. The minimum absolute atomic E-state index is 0.00889. The van der Waals surface area contributed by atoms with E-state index in [0.29, 0.717) is 11.6 Å². The minimum atomic E-state index is -1.16. The second-order valence-electron chi connectivity index (χ2n) is 8.76. The average Bonchev–Trinajstić information content (AvgIpc) is 3.12. The summed E-state index contributed by atoms with van der Waals surface area (Å²) in [5.41, 5.74) is -1.79. The molecule has 0 fully saturated rings. The summed E-state index contributed by atoms with van der Waals surface area (Å²) in [6, 6.07) is 7.09. The molecule has 8 nitrogen and oxygen atoms in total. The van der Waals surface area contributed by atoms with Crippen LogP contribution < -0.4 is 15.8 Å². The van der Waals surface area contributed by atoms with E-state index in [-0.39, 0.29) is 30.9 Å². The van der Waals surface area contributed by atoms with Crippen molar-refractivity contribution in [2.24, 2.45) is 0 Å². The molecule has 2 aliphatic heterocycles. The monoisotopic (exact) mass is 498 g/mol. The standard InChI is InChI=1S/C25H21F3N4O4/c1-3-30-24(36)20-22(34)21(33)17(23(35)29-10-13-4-6-16(27)9-19(13)28)12-31(20)32-11-14-5-7-15(26)8-18(14)25(30,32)2/h4-9,12,34H,3,10-11H2,1-2H3,(H,29,35)/t25-/m0/s1. The Balaban J connectivity index is 1.59. The summed E-state index contributed by atoms with van der Waals surface area (Å²) in [5, 5.41) is 14.8. The number of rotatable bonds is 4. The Morgan fingerprint density at radius 2 is 1.81 bits per heavy atom. The number of hydrogen-bond acceptors (Lipinski definition) is 5. The highest BCUT2D eigenvalue weighted by Gasteiger charge is 2.53. The van der Waals surface area contributed by atoms with Gasteiger partial charge >= 0.3 is 0 Å². The molecular weight excluding hydrogens is 477 g/mol. The van der Waals surface area contributed by atoms with Gasteiger partial charge in [0.15, 0.2) is 17.1 Å². The second kappa shape index (κ2) is 8.14. The van der Waals surface area contributed by atoms with Gasteiger partial charge in [-0.15, -0.1) is 0 Å². The van der Waals surface area contributed by atoms with Gasteiger partial charge in [0.1, 0.15) is 23.0 Å². The first kappa shape index (κ1) is 23.5. The second-order valence-corrected chi connectivity index (χ2v) is 8.76. The van der Waals surface area contributed by atoms with Crippen LogP contribution in [0.5, 0.6) is 5.75 Å². The molecule has 1 atom stereocenters. The number of hydrogen-bond donors (Lipinski definition) is 2. The molecule has 1 aromatic heterocycles. The maximum absolute atomic E-state index is 14.2. The summed E-state index contributed by atoms with van der Waals surface area (Å²) in [4.78, 5) is 40.6. The van der Waals surface area contributed by atoms with Gasteiger partial charge in [0.2, 0.25) is 5.43 Å². The molecule has 5 rings (SSSR count). The third kappa shape index (κ3) is 3.26. The van der Waals surface area contributed by atoms with Crippen LogP contribution in [0.3, 0.4) is 0 Å². The summed E-state index contributed by atoms with van der Waals surface area (Å²) in [6.45, 7) is 3.49. The van der Waals surface area contributed by atoms with Crippen molar-refractivity contribution in [1.82, 2.24) is 14.9 Å². The molecule has 36 heavy (non-hydrogen) atoms. The summed E-state index contributed by atoms with van der Waals surface area (Å²) >= 11 is 0. The third-order valence-electron chi connectivity index (χ3n) is 6.82. The average molecular weight is 498 g/mol. The molecule has 2 aromatic carbocycles. The Labute approximate surface area is 203 Å². The molecule has 2 aliphatic rings. The molecular formula is C25H21F3N4O4. The van der Waals surface area contributed by atoms with E-state index in [1.54, 1.807) is 24.9 Å². The number of aromatic nitrogens is 1. The van der Waals surface area contributed by atoms with Crippen LogP contribution in [-0.2, 0) is 18.8 Å². The van der Waals surface area contributed by atoms with Crippen LogP contribution in [0.15, 0.2) is 47.4 Å². The first-order chi connectivity index (χ1) is 17.1. The van der Waals surface area contributed by atoms with Crippen LogP contribution in [0.25, 0.3) is 0 Å². The number of aromatic hydroxyl groups is 1. The van der Waals surface area contributed by atoms with E-state index in [1.807, 2.05) is 0 Å². The SMILES string of the molecule is CCN1C(=O)c2c(O)c(=O)c(C(=O)NCc3ccc(F)cc3F)cn2N2Cc3ccc(F)cc3[C@@]12C. The largest absolute Gasteiger partial charge is 0.502 e. The molecule has 0 unspecified atom stereocenters. The molecule has 3 heterocycles. The van der Waals surface area contributed by atoms with Crippen LogP contribution in [0.1, 0.15) is 51.4 Å². The van der Waals surface area contributed by atoms with Crippen molar-refractivity contribution >= 4 is 11.8 Å². The van der Waals surface area contributed by atoms with Gasteiger partial charge in [-0.3, -0.25) is 24.1 Å². The van der Waals surface area contributed by atoms with Crippen molar-refractivity contribution in [3.8, 4) is 5.75 Å². The molecule has 0 spiro atoms. The first-order valence-electron chi connectivity index (χ1n) is 11.2. The lowest BCUT2D eigenvalue weighted by molar-refractivity contribution is 0.0353. The number of amides is 2. The number of pyridine rings is 1. The van der Waals surface area contributed by atoms with Crippen LogP contribution >= 0.6 is 0 Å². The predicted octanol–water partition coefficient (Wildman–Crippen LogP) is 2.70. The quantitative estimate of drug-likeness (QED) is 0.577. The van der Waals surface area contributed by atoms with E-state index in [0.717, 1.165) is 23.9 Å². The number of carbonyl (C=O) groups is 2. The third-order valence-corrected chi connectivity index (χ3v) is 6.82. The van der Waals surface area contributed by atoms with Crippen LogP contribution in [0, 0.1) is 17.5 Å². The van der Waals surface area contributed by atoms with Gasteiger partial charge in [-0.2, -0.15) is 0 Å². The van der Waals surface area contributed by atoms with Gasteiger partial charge in [-0.1, -0.05) is 12.1 Å². The molecule has 0 saturated heterocycles. The topological polar surface area (TPSA) is 94.9 Å². The van der Waals surface area contributed by atoms with Gasteiger partial charge in [0.05, 0.1) is 6.54 Å². The normalized spacial score (nSPS) is 18.1. The number of halogens is 3. The zero-order chi connectivity index (χ0) is 25.9. The van der Waals surface area contributed by atoms with Gasteiger partial charge in [-0.05, 0) is 37.6 Å². The van der Waals surface area contributed by atoms with E-state index in [9.17, 15) is 32.7 Å². The van der Waals surface area contributed by atoms with Crippen molar-refractivity contribution in [3.63, 3.8) is 0 Å². The summed E-state index contributed by atoms with van der Waals surface area (Å²) < 4.78 is 42.5. The van der Waals surface area contributed by atoms with E-state index in [2.05, 4.69) is 5.32 Å². The lowest BCUT2D eigenvalue weighted by Crippen LogP contribution is -2.64. The van der Waals surface area contributed by atoms with Crippen molar-refractivity contribution in [1.29, 1.82) is 0 Å². The Kier molecular flexibility index (Phi) is 5.31. The molecule has 2 N–H and O–H groups in total. The molecule has 11 heteroatoms. The Morgan fingerprint density at radius 1 is 1.11 bits per heavy atom. The highest BCUT2D eigenvalue weighted by Crippen LogP contribution is 2.45. The van der Waals surface area contributed by atoms with Crippen molar-refractivity contribution in [2.75, 3.05) is 11.6 Å². The van der Waals surface area contributed by atoms with Crippen molar-refractivity contribution < 1.29 is 27.9 Å². The molecule has 0 radical (unpaired) electrons.